The van der Waals surface area contributed by atoms with E-state index in [9.17, 15) is 0 Å². The largest absolute Gasteiger partial charge is 0.464 e. The molecule has 2 N–H and O–H groups in total. The van der Waals surface area contributed by atoms with E-state index < -0.39 is 0 Å². The van der Waals surface area contributed by atoms with Crippen LogP contribution in [-0.4, -0.2) is 4.98 Å². The van der Waals surface area contributed by atoms with Gasteiger partial charge in [-0.3, -0.25) is 0 Å². The molecule has 1 aromatic carbocycles. The molecule has 4 nitrogen and oxygen atoms in total. The Morgan fingerprint density at radius 1 is 1.22 bits per heavy atom. The van der Waals surface area contributed by atoms with Gasteiger partial charge in [0.25, 0.3) is 6.01 Å². The number of hydrogen-bond acceptors (Lipinski definition) is 4. The number of anilines is 1. The molecule has 0 spiro atoms. The van der Waals surface area contributed by atoms with Crippen LogP contribution < -0.4 is 5.73 Å². The molecular weight excluding hydrogens is 228 g/mol. The van der Waals surface area contributed by atoms with E-state index in [0.29, 0.717) is 5.76 Å². The Balaban J connectivity index is 2.26. The first kappa shape index (κ1) is 10.9. The Kier molecular flexibility index (Phi) is 2.37. The second kappa shape index (κ2) is 3.91. The fraction of sp³-hybridized carbons (Fsp3) is 0.214. The number of fused-ring (bicyclic) bond motifs is 1. The number of benzene rings is 1. The van der Waals surface area contributed by atoms with Gasteiger partial charge in [0.1, 0.15) is 11.8 Å². The summed E-state index contributed by atoms with van der Waals surface area (Å²) in [7, 11) is 0. The van der Waals surface area contributed by atoms with Crippen LogP contribution in [0.5, 0.6) is 0 Å². The fourth-order valence-electron chi connectivity index (χ4n) is 2.09. The van der Waals surface area contributed by atoms with Crippen molar-refractivity contribution < 1.29 is 8.83 Å². The maximum atomic E-state index is 5.66. The number of rotatable bonds is 2. The molecule has 0 radical (unpaired) electrons. The smallest absolute Gasteiger partial charge is 0.292 e. The highest BCUT2D eigenvalue weighted by Gasteiger charge is 2.20. The maximum Gasteiger partial charge on any atom is 0.292 e. The third kappa shape index (κ3) is 1.57. The number of nitrogens with zero attached hydrogens (tertiary/aromatic N) is 1. The molecule has 4 heteroatoms. The Morgan fingerprint density at radius 2 is 2.00 bits per heavy atom. The van der Waals surface area contributed by atoms with E-state index in [4.69, 9.17) is 14.6 Å². The van der Waals surface area contributed by atoms with E-state index in [2.05, 4.69) is 18.8 Å². The minimum absolute atomic E-state index is 0.194. The van der Waals surface area contributed by atoms with Crippen molar-refractivity contribution in [1.82, 2.24) is 4.98 Å². The van der Waals surface area contributed by atoms with Crippen LogP contribution in [0.3, 0.4) is 0 Å². The molecule has 0 aliphatic heterocycles. The molecule has 0 amide bonds. The van der Waals surface area contributed by atoms with E-state index in [1.54, 1.807) is 6.26 Å². The molecule has 0 atom stereocenters. The van der Waals surface area contributed by atoms with Crippen LogP contribution in [-0.2, 0) is 0 Å². The highest BCUT2D eigenvalue weighted by atomic mass is 16.4. The molecule has 3 rings (SSSR count). The molecule has 0 bridgehead atoms. The maximum absolute atomic E-state index is 5.66. The number of nitrogen functional groups attached to an aromatic ring is 1. The summed E-state index contributed by atoms with van der Waals surface area (Å²) in [6, 6.07) is 8.02. The molecule has 0 aliphatic rings. The summed E-state index contributed by atoms with van der Waals surface area (Å²) in [5.41, 5.74) is 8.25. The molecule has 0 unspecified atom stereocenters. The molecule has 0 fully saturated rings. The van der Waals surface area contributed by atoms with E-state index >= 15 is 0 Å². The van der Waals surface area contributed by atoms with Crippen LogP contribution in [0.4, 0.5) is 6.01 Å². The lowest BCUT2D eigenvalue weighted by molar-refractivity contribution is 0.585. The van der Waals surface area contributed by atoms with Gasteiger partial charge in [-0.25, -0.2) is 0 Å². The molecule has 2 heterocycles. The molecule has 2 aromatic heterocycles. The second-order valence-corrected chi connectivity index (χ2v) is 4.57. The number of furan rings is 1. The van der Waals surface area contributed by atoms with Crippen LogP contribution in [0.25, 0.3) is 22.3 Å². The van der Waals surface area contributed by atoms with Crippen LogP contribution in [0.15, 0.2) is 39.4 Å². The molecular formula is C14H14N2O2. The second-order valence-electron chi connectivity index (χ2n) is 4.57. The number of nitrogens with two attached hydrogens (primary N) is 1. The predicted octanol–water partition coefficient (Wildman–Crippen LogP) is 3.79. The summed E-state index contributed by atoms with van der Waals surface area (Å²) in [5.74, 6) is 0.946. The van der Waals surface area contributed by atoms with Gasteiger partial charge < -0.3 is 14.6 Å². The third-order valence-electron chi connectivity index (χ3n) is 2.94. The average Bonchev–Trinajstić information content (AvgIpc) is 2.92. The Morgan fingerprint density at radius 3 is 2.78 bits per heavy atom. The van der Waals surface area contributed by atoms with Crippen molar-refractivity contribution in [2.45, 2.75) is 19.8 Å². The zero-order valence-electron chi connectivity index (χ0n) is 10.3. The minimum atomic E-state index is 0.194. The van der Waals surface area contributed by atoms with Gasteiger partial charge >= 0.3 is 0 Å². The van der Waals surface area contributed by atoms with Gasteiger partial charge in [-0.2, -0.15) is 4.98 Å². The van der Waals surface area contributed by atoms with Crippen LogP contribution >= 0.6 is 0 Å². The van der Waals surface area contributed by atoms with Gasteiger partial charge in [-0.1, -0.05) is 32.0 Å². The fourth-order valence-corrected chi connectivity index (χ4v) is 2.09. The summed E-state index contributed by atoms with van der Waals surface area (Å²) in [5, 5.41) is 1.01. The Labute approximate surface area is 104 Å². The summed E-state index contributed by atoms with van der Waals surface area (Å²) in [6.07, 6.45) is 1.69. The summed E-state index contributed by atoms with van der Waals surface area (Å²) < 4.78 is 11.1. The Bertz CT molecular complexity index is 695. The first-order chi connectivity index (χ1) is 8.66. The summed E-state index contributed by atoms with van der Waals surface area (Å²) >= 11 is 0. The van der Waals surface area contributed by atoms with E-state index in [-0.39, 0.29) is 11.9 Å². The molecule has 0 saturated heterocycles. The molecule has 3 aromatic rings. The molecule has 0 saturated carbocycles. The molecule has 0 aliphatic carbocycles. The topological polar surface area (TPSA) is 65.2 Å². The van der Waals surface area contributed by atoms with Gasteiger partial charge in [0, 0.05) is 5.39 Å². The van der Waals surface area contributed by atoms with Crippen molar-refractivity contribution in [3.63, 3.8) is 0 Å². The molecule has 92 valence electrons. The number of aromatic nitrogens is 1. The van der Waals surface area contributed by atoms with Crippen molar-refractivity contribution >= 4 is 17.0 Å². The first-order valence-electron chi connectivity index (χ1n) is 5.89. The summed E-state index contributed by atoms with van der Waals surface area (Å²) in [4.78, 5) is 4.24. The van der Waals surface area contributed by atoms with Gasteiger partial charge in [0.15, 0.2) is 5.76 Å². The van der Waals surface area contributed by atoms with Crippen LogP contribution in [0.2, 0.25) is 0 Å². The monoisotopic (exact) mass is 242 g/mol. The van der Waals surface area contributed by atoms with Crippen molar-refractivity contribution in [3.05, 3.63) is 36.2 Å². The third-order valence-corrected chi connectivity index (χ3v) is 2.94. The average molecular weight is 242 g/mol. The highest BCUT2D eigenvalue weighted by Crippen LogP contribution is 2.36. The normalized spacial score (nSPS) is 11.5. The molecule has 18 heavy (non-hydrogen) atoms. The van der Waals surface area contributed by atoms with Crippen LogP contribution in [0.1, 0.15) is 25.5 Å². The lowest BCUT2D eigenvalue weighted by Gasteiger charge is -2.01. The predicted molar refractivity (Wildman–Crippen MR) is 70.2 cm³/mol. The highest BCUT2D eigenvalue weighted by molar-refractivity contribution is 5.93. The van der Waals surface area contributed by atoms with Crippen molar-refractivity contribution in [3.8, 4) is 11.3 Å². The van der Waals surface area contributed by atoms with Crippen molar-refractivity contribution in [2.75, 3.05) is 5.73 Å². The zero-order valence-corrected chi connectivity index (χ0v) is 10.3. The standard InChI is InChI=1S/C14H14N2O2/c1-8(2)12-13(18-14(15)16-12)10-7-17-11-6-4-3-5-9(10)11/h3-8H,1-2H3,(H2,15,16). The number of hydrogen-bond donors (Lipinski definition) is 1. The SMILES string of the molecule is CC(C)c1nc(N)oc1-c1coc2ccccc12. The Hall–Kier alpha value is -2.23. The number of para-hydroxylation sites is 1. The van der Waals surface area contributed by atoms with Gasteiger partial charge in [-0.05, 0) is 12.0 Å². The number of oxazole rings is 1. The van der Waals surface area contributed by atoms with E-state index in [1.165, 1.54) is 0 Å². The first-order valence-corrected chi connectivity index (χ1v) is 5.89. The van der Waals surface area contributed by atoms with E-state index in [1.807, 2.05) is 24.3 Å². The van der Waals surface area contributed by atoms with Crippen LogP contribution in [0, 0.1) is 0 Å². The van der Waals surface area contributed by atoms with Crippen molar-refractivity contribution in [2.24, 2.45) is 0 Å². The summed E-state index contributed by atoms with van der Waals surface area (Å²) in [6.45, 7) is 4.12. The minimum Gasteiger partial charge on any atom is -0.464 e. The zero-order chi connectivity index (χ0) is 12.7. The lowest BCUT2D eigenvalue weighted by atomic mass is 10.0. The van der Waals surface area contributed by atoms with E-state index in [0.717, 1.165) is 22.2 Å². The quantitative estimate of drug-likeness (QED) is 0.742. The lowest BCUT2D eigenvalue weighted by Crippen LogP contribution is -1.91. The van der Waals surface area contributed by atoms with Gasteiger partial charge in [-0.15, -0.1) is 0 Å². The van der Waals surface area contributed by atoms with Crippen molar-refractivity contribution in [1.29, 1.82) is 0 Å². The van der Waals surface area contributed by atoms with Gasteiger partial charge in [0.2, 0.25) is 0 Å². The van der Waals surface area contributed by atoms with Gasteiger partial charge in [0.05, 0.1) is 11.3 Å².